The van der Waals surface area contributed by atoms with Gasteiger partial charge >= 0.3 is 5.97 Å². The van der Waals surface area contributed by atoms with Crippen LogP contribution in [0.25, 0.3) is 0 Å². The lowest BCUT2D eigenvalue weighted by Crippen LogP contribution is -2.47. The predicted octanol–water partition coefficient (Wildman–Crippen LogP) is 17.8. The number of likely N-dealkylation sites (N-methyl/N-ethyl adjacent to an activating group) is 1. The molecule has 9 nitrogen and oxygen atoms in total. The highest BCUT2D eigenvalue weighted by molar-refractivity contribution is 7.45. The van der Waals surface area contributed by atoms with Crippen molar-refractivity contribution in [2.45, 2.75) is 258 Å². The van der Waals surface area contributed by atoms with Crippen LogP contribution in [0.15, 0.2) is 97.2 Å². The summed E-state index contributed by atoms with van der Waals surface area (Å²) in [7, 11) is 1.14. The number of phosphoric ester groups is 1. The molecule has 0 saturated heterocycles. The van der Waals surface area contributed by atoms with Crippen LogP contribution in [-0.2, 0) is 27.9 Å². The van der Waals surface area contributed by atoms with Crippen molar-refractivity contribution in [2.75, 3.05) is 40.9 Å². The molecule has 1 amide bonds. The van der Waals surface area contributed by atoms with Gasteiger partial charge in [0.2, 0.25) is 5.91 Å². The minimum absolute atomic E-state index is 0.0362. The fourth-order valence-electron chi connectivity index (χ4n) is 8.11. The first-order valence-corrected chi connectivity index (χ1v) is 31.5. The fourth-order valence-corrected chi connectivity index (χ4v) is 8.83. The fraction of sp³-hybridized carbons (Fsp3) is 0.719. The Morgan fingerprint density at radius 3 is 1.32 bits per heavy atom. The number of nitrogens with zero attached hydrogens (tertiary/aromatic N) is 1. The number of unbranched alkanes of at least 4 members (excludes halogenated alkanes) is 23. The lowest BCUT2D eigenvalue weighted by Gasteiger charge is -2.30. The monoisotopic (exact) mass is 1050 g/mol. The molecule has 0 fully saturated rings. The molecule has 0 aliphatic rings. The maximum atomic E-state index is 13.5. The molecule has 1 N–H and O–H groups in total. The third kappa shape index (κ3) is 53.7. The van der Waals surface area contributed by atoms with Crippen molar-refractivity contribution in [3.05, 3.63) is 97.2 Å². The average molecular weight is 1050 g/mol. The van der Waals surface area contributed by atoms with Crippen LogP contribution in [-0.4, -0.2) is 69.4 Å². The molecule has 3 atom stereocenters. The standard InChI is InChI=1S/C64H113N2O7P/c1-7-10-13-16-19-22-25-28-30-31-32-33-34-35-36-39-42-45-48-51-54-57-64(68)73-62(55-52-49-46-43-40-37-27-24-21-18-15-12-9-3)61(60-72-74(69,70)71-59-58-66(4,5)6)65-63(67)56-53-50-47-44-41-38-29-26-23-20-17-14-11-8-2/h10,13,19,22,28,30,32-33,35-36,38,41-42,45,52,55,61-62H,7-9,11-12,14-18,20-21,23-27,29,31,34,37,39-40,43-44,46-51,53-54,56-60H2,1-6H3,(H-,65,67,69,70)/b13-10-,22-19-,30-28-,33-32-,36-35-,41-38-,45-42-,55-52-. The minimum atomic E-state index is -4.71. The summed E-state index contributed by atoms with van der Waals surface area (Å²) in [5, 5.41) is 3.00. The number of amides is 1. The van der Waals surface area contributed by atoms with Crippen molar-refractivity contribution < 1.29 is 37.3 Å². The maximum Gasteiger partial charge on any atom is 0.306 e. The number of carbonyl (C=O) groups is 2. The van der Waals surface area contributed by atoms with Gasteiger partial charge in [0, 0.05) is 12.8 Å². The summed E-state index contributed by atoms with van der Waals surface area (Å²) >= 11 is 0. The highest BCUT2D eigenvalue weighted by Gasteiger charge is 2.27. The summed E-state index contributed by atoms with van der Waals surface area (Å²) in [5.41, 5.74) is 0. The van der Waals surface area contributed by atoms with Crippen molar-refractivity contribution in [2.24, 2.45) is 0 Å². The SMILES string of the molecule is CC/C=C\C/C=C\C/C=C\C/C=C\C/C=C\C/C=C\CCCCC(=O)OC(/C=C\CCCCCCCCCCCCC)C(COP(=O)([O-])OCC[N+](C)(C)C)NC(=O)CCCCC/C=C\CCCCCCCCC. The number of esters is 1. The van der Waals surface area contributed by atoms with Gasteiger partial charge < -0.3 is 28.5 Å². The molecule has 0 heterocycles. The zero-order valence-corrected chi connectivity index (χ0v) is 49.4. The van der Waals surface area contributed by atoms with E-state index in [9.17, 15) is 19.0 Å². The Morgan fingerprint density at radius 2 is 0.865 bits per heavy atom. The third-order valence-corrected chi connectivity index (χ3v) is 13.7. The van der Waals surface area contributed by atoms with Crippen LogP contribution in [0.1, 0.15) is 245 Å². The van der Waals surface area contributed by atoms with E-state index in [-0.39, 0.29) is 31.3 Å². The lowest BCUT2D eigenvalue weighted by atomic mass is 10.0. The highest BCUT2D eigenvalue weighted by atomic mass is 31.2. The van der Waals surface area contributed by atoms with E-state index in [4.69, 9.17) is 13.8 Å². The molecule has 74 heavy (non-hydrogen) atoms. The van der Waals surface area contributed by atoms with E-state index in [0.717, 1.165) is 96.3 Å². The molecule has 0 rings (SSSR count). The van der Waals surface area contributed by atoms with Crippen molar-refractivity contribution in [3.8, 4) is 0 Å². The van der Waals surface area contributed by atoms with E-state index in [0.29, 0.717) is 23.9 Å². The van der Waals surface area contributed by atoms with Gasteiger partial charge in [0.25, 0.3) is 7.82 Å². The van der Waals surface area contributed by atoms with Crippen LogP contribution in [0, 0.1) is 0 Å². The Hall–Kier alpha value is -3.07. The lowest BCUT2D eigenvalue weighted by molar-refractivity contribution is -0.870. The van der Waals surface area contributed by atoms with E-state index in [1.165, 1.54) is 103 Å². The van der Waals surface area contributed by atoms with Crippen LogP contribution in [0.5, 0.6) is 0 Å². The molecule has 0 aliphatic heterocycles. The van der Waals surface area contributed by atoms with Crippen LogP contribution in [0.2, 0.25) is 0 Å². The first-order chi connectivity index (χ1) is 35.9. The Morgan fingerprint density at radius 1 is 0.486 bits per heavy atom. The molecular formula is C64H113N2O7P. The van der Waals surface area contributed by atoms with Gasteiger partial charge in [-0.25, -0.2) is 0 Å². The van der Waals surface area contributed by atoms with Crippen molar-refractivity contribution in [3.63, 3.8) is 0 Å². The Balaban J connectivity index is 5.42. The second-order valence-corrected chi connectivity index (χ2v) is 22.5. The van der Waals surface area contributed by atoms with E-state index < -0.39 is 26.6 Å². The number of quaternary nitrogens is 1. The number of rotatable bonds is 53. The van der Waals surface area contributed by atoms with Gasteiger partial charge in [-0.3, -0.25) is 14.2 Å². The zero-order valence-electron chi connectivity index (χ0n) is 48.5. The number of carbonyl (C=O) groups excluding carboxylic acids is 2. The Kier molecular flexibility index (Phi) is 51.1. The molecule has 426 valence electrons. The molecule has 10 heteroatoms. The number of hydrogen-bond acceptors (Lipinski definition) is 7. The quantitative estimate of drug-likeness (QED) is 0.0212. The summed E-state index contributed by atoms with van der Waals surface area (Å²) in [6.45, 7) is 6.67. The Bertz CT molecular complexity index is 1590. The van der Waals surface area contributed by atoms with Gasteiger partial charge in [0.1, 0.15) is 19.3 Å². The number of allylic oxidation sites excluding steroid dienone is 15. The minimum Gasteiger partial charge on any atom is -0.756 e. The number of ether oxygens (including phenoxy) is 1. The Labute approximate surface area is 456 Å². The summed E-state index contributed by atoms with van der Waals surface area (Å²) in [5.74, 6) is -0.614. The molecule has 0 spiro atoms. The molecule has 0 aliphatic carbocycles. The molecule has 0 aromatic carbocycles. The van der Waals surface area contributed by atoms with E-state index in [1.807, 2.05) is 33.3 Å². The van der Waals surface area contributed by atoms with Gasteiger partial charge in [-0.1, -0.05) is 221 Å². The first-order valence-electron chi connectivity index (χ1n) is 30.0. The van der Waals surface area contributed by atoms with Gasteiger partial charge in [0.05, 0.1) is 33.8 Å². The van der Waals surface area contributed by atoms with Crippen molar-refractivity contribution in [1.29, 1.82) is 0 Å². The number of hydrogen-bond donors (Lipinski definition) is 1. The van der Waals surface area contributed by atoms with Gasteiger partial charge in [-0.05, 0) is 109 Å². The average Bonchev–Trinajstić information content (AvgIpc) is 3.36. The van der Waals surface area contributed by atoms with Crippen LogP contribution in [0.4, 0.5) is 0 Å². The first kappa shape index (κ1) is 70.9. The van der Waals surface area contributed by atoms with Crippen molar-refractivity contribution in [1.82, 2.24) is 5.32 Å². The molecule has 0 aromatic heterocycles. The van der Waals surface area contributed by atoms with Crippen molar-refractivity contribution >= 4 is 19.7 Å². The highest BCUT2D eigenvalue weighted by Crippen LogP contribution is 2.38. The molecular weight excluding hydrogens is 940 g/mol. The summed E-state index contributed by atoms with van der Waals surface area (Å²) < 4.78 is 30.2. The summed E-state index contributed by atoms with van der Waals surface area (Å²) in [4.78, 5) is 39.9. The smallest absolute Gasteiger partial charge is 0.306 e. The summed E-state index contributed by atoms with van der Waals surface area (Å²) in [6, 6.07) is -0.919. The second kappa shape index (κ2) is 53.3. The van der Waals surface area contributed by atoms with Gasteiger partial charge in [-0.2, -0.15) is 0 Å². The van der Waals surface area contributed by atoms with Crippen LogP contribution >= 0.6 is 7.82 Å². The molecule has 3 unspecified atom stereocenters. The van der Waals surface area contributed by atoms with Crippen LogP contribution in [0.3, 0.4) is 0 Å². The molecule has 0 bridgehead atoms. The molecule has 0 aromatic rings. The maximum absolute atomic E-state index is 13.5. The van der Waals surface area contributed by atoms with Gasteiger partial charge in [0.15, 0.2) is 0 Å². The predicted molar refractivity (Wildman–Crippen MR) is 316 cm³/mol. The topological polar surface area (TPSA) is 114 Å². The normalized spacial score (nSPS) is 14.4. The van der Waals surface area contributed by atoms with Gasteiger partial charge in [-0.15, -0.1) is 0 Å². The number of nitrogens with one attached hydrogen (secondary N) is 1. The van der Waals surface area contributed by atoms with E-state index in [1.54, 1.807) is 0 Å². The largest absolute Gasteiger partial charge is 0.756 e. The van der Waals surface area contributed by atoms with E-state index >= 15 is 0 Å². The summed E-state index contributed by atoms with van der Waals surface area (Å²) in [6.07, 6.45) is 70.9. The van der Waals surface area contributed by atoms with E-state index in [2.05, 4.69) is 111 Å². The number of phosphoric acid groups is 1. The zero-order chi connectivity index (χ0) is 54.3. The van der Waals surface area contributed by atoms with Crippen LogP contribution < -0.4 is 10.2 Å². The second-order valence-electron chi connectivity index (χ2n) is 21.1. The molecule has 0 saturated carbocycles. The molecule has 0 radical (unpaired) electrons. The third-order valence-electron chi connectivity index (χ3n) is 12.7.